The average molecular weight is 261 g/mol. The number of nitrogens with one attached hydrogen (secondary N) is 1. The minimum Gasteiger partial charge on any atom is -0.494 e. The second-order valence-electron chi connectivity index (χ2n) is 4.02. The Morgan fingerprint density at radius 1 is 1.17 bits per heavy atom. The number of benzene rings is 1. The van der Waals surface area contributed by atoms with Crippen molar-refractivity contribution in [3.8, 4) is 5.75 Å². The van der Waals surface area contributed by atoms with Gasteiger partial charge in [0, 0.05) is 18.7 Å². The van der Waals surface area contributed by atoms with Crippen LogP contribution in [0.1, 0.15) is 26.2 Å². The molecule has 2 nitrogen and oxygen atoms in total. The van der Waals surface area contributed by atoms with E-state index in [0.29, 0.717) is 13.2 Å². The topological polar surface area (TPSA) is 21.3 Å². The number of hydrogen-bond donors (Lipinski definition) is 1. The molecule has 0 saturated heterocycles. The molecule has 0 fully saturated rings. The van der Waals surface area contributed by atoms with E-state index in [1.54, 1.807) is 12.1 Å². The van der Waals surface area contributed by atoms with Crippen molar-refractivity contribution in [3.05, 3.63) is 24.3 Å². The third kappa shape index (κ3) is 6.37. The van der Waals surface area contributed by atoms with Crippen LogP contribution in [0.5, 0.6) is 5.75 Å². The lowest BCUT2D eigenvalue weighted by Crippen LogP contribution is -2.10. The van der Waals surface area contributed by atoms with Gasteiger partial charge in [0.25, 0.3) is 0 Å². The van der Waals surface area contributed by atoms with Crippen molar-refractivity contribution < 1.29 is 17.9 Å². The highest BCUT2D eigenvalue weighted by molar-refractivity contribution is 5.46. The zero-order valence-electron chi connectivity index (χ0n) is 10.4. The van der Waals surface area contributed by atoms with E-state index < -0.39 is 12.6 Å². The summed E-state index contributed by atoms with van der Waals surface area (Å²) in [4.78, 5) is 0. The highest BCUT2D eigenvalue weighted by Gasteiger charge is 2.25. The number of halogens is 3. The highest BCUT2D eigenvalue weighted by atomic mass is 19.4. The fourth-order valence-electron chi connectivity index (χ4n) is 1.41. The third-order valence-electron chi connectivity index (χ3n) is 2.29. The first-order valence-corrected chi connectivity index (χ1v) is 6.05. The molecule has 1 aromatic rings. The largest absolute Gasteiger partial charge is 0.494 e. The second kappa shape index (κ2) is 7.13. The van der Waals surface area contributed by atoms with Crippen LogP contribution in [0.25, 0.3) is 0 Å². The van der Waals surface area contributed by atoms with Crippen LogP contribution >= 0.6 is 0 Å². The summed E-state index contributed by atoms with van der Waals surface area (Å²) in [5.74, 6) is 0.776. The molecule has 0 aliphatic rings. The molecule has 0 aromatic heterocycles. The van der Waals surface area contributed by atoms with Crippen LogP contribution in [-0.2, 0) is 0 Å². The Bertz CT molecular complexity index is 335. The molecule has 1 N–H and O–H groups in total. The Hall–Kier alpha value is -1.39. The number of alkyl halides is 3. The molecule has 1 rings (SSSR count). The SMILES string of the molecule is CCCOc1ccc(NCCCC(F)(F)F)cc1. The Morgan fingerprint density at radius 2 is 1.83 bits per heavy atom. The van der Waals surface area contributed by atoms with Gasteiger partial charge < -0.3 is 10.1 Å². The molecule has 0 unspecified atom stereocenters. The number of anilines is 1. The van der Waals surface area contributed by atoms with Gasteiger partial charge >= 0.3 is 6.18 Å². The zero-order valence-corrected chi connectivity index (χ0v) is 10.4. The molecule has 102 valence electrons. The average Bonchev–Trinajstić information content (AvgIpc) is 2.32. The lowest BCUT2D eigenvalue weighted by Gasteiger charge is -2.09. The summed E-state index contributed by atoms with van der Waals surface area (Å²) >= 11 is 0. The molecule has 0 aliphatic heterocycles. The Kier molecular flexibility index (Phi) is 5.82. The molecule has 0 heterocycles. The fourth-order valence-corrected chi connectivity index (χ4v) is 1.41. The van der Waals surface area contributed by atoms with E-state index in [1.165, 1.54) is 0 Å². The monoisotopic (exact) mass is 261 g/mol. The van der Waals surface area contributed by atoms with Crippen LogP contribution in [0.2, 0.25) is 0 Å². The van der Waals surface area contributed by atoms with Crippen LogP contribution in [0.4, 0.5) is 18.9 Å². The van der Waals surface area contributed by atoms with E-state index in [0.717, 1.165) is 17.9 Å². The first kappa shape index (κ1) is 14.7. The third-order valence-corrected chi connectivity index (χ3v) is 2.29. The molecule has 0 atom stereocenters. The maximum atomic E-state index is 11.9. The van der Waals surface area contributed by atoms with Gasteiger partial charge in [-0.3, -0.25) is 0 Å². The molecule has 0 saturated carbocycles. The lowest BCUT2D eigenvalue weighted by molar-refractivity contribution is -0.134. The van der Waals surface area contributed by atoms with Gasteiger partial charge in [-0.25, -0.2) is 0 Å². The Balaban J connectivity index is 2.26. The van der Waals surface area contributed by atoms with E-state index in [-0.39, 0.29) is 6.42 Å². The zero-order chi connectivity index (χ0) is 13.4. The van der Waals surface area contributed by atoms with Crippen molar-refractivity contribution in [3.63, 3.8) is 0 Å². The molecular formula is C13H18F3NO. The summed E-state index contributed by atoms with van der Waals surface area (Å²) in [5, 5.41) is 2.94. The van der Waals surface area contributed by atoms with Crippen LogP contribution in [0.3, 0.4) is 0 Å². The van der Waals surface area contributed by atoms with E-state index in [4.69, 9.17) is 4.74 Å². The molecule has 18 heavy (non-hydrogen) atoms. The minimum atomic E-state index is -4.07. The quantitative estimate of drug-likeness (QED) is 0.742. The second-order valence-corrected chi connectivity index (χ2v) is 4.02. The first-order valence-electron chi connectivity index (χ1n) is 6.05. The molecule has 0 bridgehead atoms. The summed E-state index contributed by atoms with van der Waals surface area (Å²) in [6.45, 7) is 3.00. The van der Waals surface area contributed by atoms with Crippen LogP contribution in [0.15, 0.2) is 24.3 Å². The molecule has 0 spiro atoms. The van der Waals surface area contributed by atoms with Gasteiger partial charge in [0.05, 0.1) is 6.61 Å². The van der Waals surface area contributed by atoms with Crippen LogP contribution in [0, 0.1) is 0 Å². The molecule has 0 amide bonds. The van der Waals surface area contributed by atoms with E-state index in [2.05, 4.69) is 5.32 Å². The minimum absolute atomic E-state index is 0.0809. The van der Waals surface area contributed by atoms with E-state index in [1.807, 2.05) is 19.1 Å². The van der Waals surface area contributed by atoms with E-state index >= 15 is 0 Å². The van der Waals surface area contributed by atoms with Gasteiger partial charge in [-0.2, -0.15) is 13.2 Å². The summed E-state index contributed by atoms with van der Waals surface area (Å²) in [5.41, 5.74) is 0.807. The Labute approximate surface area is 105 Å². The van der Waals surface area contributed by atoms with E-state index in [9.17, 15) is 13.2 Å². The maximum absolute atomic E-state index is 11.9. The molecule has 0 aliphatic carbocycles. The smallest absolute Gasteiger partial charge is 0.389 e. The van der Waals surface area contributed by atoms with Gasteiger partial charge in [-0.05, 0) is 37.1 Å². The maximum Gasteiger partial charge on any atom is 0.389 e. The van der Waals surface area contributed by atoms with Crippen LogP contribution in [-0.4, -0.2) is 19.3 Å². The van der Waals surface area contributed by atoms with Gasteiger partial charge in [0.1, 0.15) is 5.75 Å². The Morgan fingerprint density at radius 3 is 2.39 bits per heavy atom. The van der Waals surface area contributed by atoms with Crippen molar-refractivity contribution in [2.24, 2.45) is 0 Å². The number of rotatable bonds is 7. The molecular weight excluding hydrogens is 243 g/mol. The lowest BCUT2D eigenvalue weighted by atomic mass is 10.2. The van der Waals surface area contributed by atoms with Gasteiger partial charge in [-0.1, -0.05) is 6.92 Å². The van der Waals surface area contributed by atoms with Gasteiger partial charge in [0.2, 0.25) is 0 Å². The van der Waals surface area contributed by atoms with Crippen molar-refractivity contribution >= 4 is 5.69 Å². The predicted molar refractivity (Wildman–Crippen MR) is 66.0 cm³/mol. The first-order chi connectivity index (χ1) is 8.51. The predicted octanol–water partition coefficient (Wildman–Crippen LogP) is 4.23. The summed E-state index contributed by atoms with van der Waals surface area (Å²) < 4.78 is 41.1. The number of hydrogen-bond acceptors (Lipinski definition) is 2. The van der Waals surface area contributed by atoms with Crippen molar-refractivity contribution in [1.82, 2.24) is 0 Å². The summed E-state index contributed by atoms with van der Waals surface area (Å²) in [6, 6.07) is 7.22. The van der Waals surface area contributed by atoms with Gasteiger partial charge in [-0.15, -0.1) is 0 Å². The van der Waals surface area contributed by atoms with Crippen LogP contribution < -0.4 is 10.1 Å². The standard InChI is InChI=1S/C13H18F3NO/c1-2-10-18-12-6-4-11(5-7-12)17-9-3-8-13(14,15)16/h4-7,17H,2-3,8-10H2,1H3. The molecule has 5 heteroatoms. The number of ether oxygens (including phenoxy) is 1. The summed E-state index contributed by atoms with van der Waals surface area (Å²) in [6.07, 6.45) is -3.80. The van der Waals surface area contributed by atoms with Crippen molar-refractivity contribution in [2.75, 3.05) is 18.5 Å². The molecule has 0 radical (unpaired) electrons. The van der Waals surface area contributed by atoms with Gasteiger partial charge in [0.15, 0.2) is 0 Å². The molecule has 1 aromatic carbocycles. The highest BCUT2D eigenvalue weighted by Crippen LogP contribution is 2.21. The fraction of sp³-hybridized carbons (Fsp3) is 0.538. The summed E-state index contributed by atoms with van der Waals surface area (Å²) in [7, 11) is 0. The van der Waals surface area contributed by atoms with Crippen molar-refractivity contribution in [2.45, 2.75) is 32.4 Å². The van der Waals surface area contributed by atoms with Crippen molar-refractivity contribution in [1.29, 1.82) is 0 Å². The normalized spacial score (nSPS) is 11.3.